The Morgan fingerprint density at radius 1 is 1.15 bits per heavy atom. The lowest BCUT2D eigenvalue weighted by Gasteiger charge is -2.31. The maximum absolute atomic E-state index is 13.4. The number of hydrogen-bond acceptors (Lipinski definition) is 3. The van der Waals surface area contributed by atoms with Gasteiger partial charge in [0.15, 0.2) is 9.84 Å². The highest BCUT2D eigenvalue weighted by molar-refractivity contribution is 7.92. The van der Waals surface area contributed by atoms with Crippen molar-refractivity contribution in [2.45, 2.75) is 51.2 Å². The second-order valence-corrected chi connectivity index (χ2v) is 11.3. The summed E-state index contributed by atoms with van der Waals surface area (Å²) in [6, 6.07) is 6.55. The van der Waals surface area contributed by atoms with Crippen LogP contribution >= 0.6 is 0 Å². The predicted octanol–water partition coefficient (Wildman–Crippen LogP) is 4.57. The van der Waals surface area contributed by atoms with Crippen molar-refractivity contribution in [1.29, 1.82) is 0 Å². The molecule has 0 atom stereocenters. The van der Waals surface area contributed by atoms with Crippen LogP contribution < -0.4 is 0 Å². The molecule has 1 aliphatic carbocycles. The third kappa shape index (κ3) is 4.25. The zero-order valence-corrected chi connectivity index (χ0v) is 16.7. The van der Waals surface area contributed by atoms with Crippen LogP contribution in [0.1, 0.15) is 52.0 Å². The van der Waals surface area contributed by atoms with Crippen LogP contribution in [0.15, 0.2) is 40.9 Å². The smallest absolute Gasteiger partial charge is 0.155 e. The van der Waals surface area contributed by atoms with E-state index in [9.17, 15) is 12.8 Å². The van der Waals surface area contributed by atoms with Crippen LogP contribution in [0.25, 0.3) is 0 Å². The standard InChI is InChI=1S/C21H28FNO2S/c1-21(2,3)26(24,25)14-15-7-9-16(10-8-15)18-12-20(23-13-18)17-5-4-6-19(22)11-17/h4-6,11-12,15-16H,7-10,13-14H2,1-3H3. The summed E-state index contributed by atoms with van der Waals surface area (Å²) in [5.41, 5.74) is 2.99. The van der Waals surface area contributed by atoms with Crippen molar-refractivity contribution < 1.29 is 12.8 Å². The third-order valence-electron chi connectivity index (χ3n) is 5.63. The molecule has 0 N–H and O–H groups in total. The first kappa shape index (κ1) is 19.3. The van der Waals surface area contributed by atoms with Crippen molar-refractivity contribution in [3.05, 3.63) is 47.3 Å². The van der Waals surface area contributed by atoms with Crippen molar-refractivity contribution in [1.82, 2.24) is 0 Å². The average Bonchev–Trinajstić information content (AvgIpc) is 3.04. The van der Waals surface area contributed by atoms with E-state index < -0.39 is 14.6 Å². The van der Waals surface area contributed by atoms with Gasteiger partial charge in [-0.1, -0.05) is 12.1 Å². The first-order valence-corrected chi connectivity index (χ1v) is 11.0. The molecule has 1 aliphatic heterocycles. The Labute approximate surface area is 156 Å². The van der Waals surface area contributed by atoms with Gasteiger partial charge < -0.3 is 0 Å². The number of hydrogen-bond donors (Lipinski definition) is 0. The van der Waals surface area contributed by atoms with Crippen molar-refractivity contribution in [2.24, 2.45) is 16.8 Å². The lowest BCUT2D eigenvalue weighted by atomic mass is 9.79. The molecule has 0 amide bonds. The van der Waals surface area contributed by atoms with Crippen LogP contribution in [0, 0.1) is 17.7 Å². The lowest BCUT2D eigenvalue weighted by molar-refractivity contribution is 0.319. The summed E-state index contributed by atoms with van der Waals surface area (Å²) >= 11 is 0. The second kappa shape index (κ2) is 7.26. The lowest BCUT2D eigenvalue weighted by Crippen LogP contribution is -2.34. The molecule has 1 fully saturated rings. The van der Waals surface area contributed by atoms with E-state index in [0.717, 1.165) is 37.0 Å². The fourth-order valence-electron chi connectivity index (χ4n) is 3.77. The first-order chi connectivity index (χ1) is 12.2. The van der Waals surface area contributed by atoms with Crippen LogP contribution in [-0.4, -0.2) is 31.2 Å². The molecule has 1 saturated carbocycles. The number of benzene rings is 1. The minimum Gasteiger partial charge on any atom is -0.280 e. The molecular weight excluding hydrogens is 349 g/mol. The zero-order valence-electron chi connectivity index (χ0n) is 15.8. The van der Waals surface area contributed by atoms with Gasteiger partial charge in [0.25, 0.3) is 0 Å². The van der Waals surface area contributed by atoms with Crippen LogP contribution in [0.5, 0.6) is 0 Å². The number of rotatable bonds is 4. The second-order valence-electron chi connectivity index (χ2n) is 8.54. The Bertz CT molecular complexity index is 826. The number of halogens is 1. The zero-order chi connectivity index (χ0) is 18.9. The molecule has 1 aromatic rings. The van der Waals surface area contributed by atoms with Crippen LogP contribution in [0.4, 0.5) is 4.39 Å². The SMILES string of the molecule is CC(C)(C)S(=O)(=O)CC1CCC(C2=CC(c3cccc(F)c3)=NC2)CC1. The minimum atomic E-state index is -3.06. The summed E-state index contributed by atoms with van der Waals surface area (Å²) in [5.74, 6) is 0.792. The van der Waals surface area contributed by atoms with E-state index in [2.05, 4.69) is 11.1 Å². The third-order valence-corrected chi connectivity index (χ3v) is 8.41. The highest BCUT2D eigenvalue weighted by atomic mass is 32.2. The topological polar surface area (TPSA) is 46.5 Å². The summed E-state index contributed by atoms with van der Waals surface area (Å²) in [5, 5.41) is 0. The van der Waals surface area contributed by atoms with E-state index in [1.807, 2.05) is 6.07 Å². The molecule has 0 spiro atoms. The molecule has 2 aliphatic rings. The van der Waals surface area contributed by atoms with Gasteiger partial charge >= 0.3 is 0 Å². The number of nitrogens with zero attached hydrogens (tertiary/aromatic N) is 1. The normalized spacial score (nSPS) is 24.3. The Morgan fingerprint density at radius 2 is 1.85 bits per heavy atom. The molecule has 0 saturated heterocycles. The van der Waals surface area contributed by atoms with Crippen LogP contribution in [-0.2, 0) is 9.84 Å². The average molecular weight is 378 g/mol. The molecule has 0 unspecified atom stereocenters. The van der Waals surface area contributed by atoms with Gasteiger partial charge in [-0.05, 0) is 82.1 Å². The predicted molar refractivity (Wildman–Crippen MR) is 105 cm³/mol. The van der Waals surface area contributed by atoms with Gasteiger partial charge in [-0.2, -0.15) is 0 Å². The summed E-state index contributed by atoms with van der Waals surface area (Å²) in [7, 11) is -3.06. The van der Waals surface area contributed by atoms with E-state index >= 15 is 0 Å². The molecule has 1 aromatic carbocycles. The van der Waals surface area contributed by atoms with E-state index in [-0.39, 0.29) is 11.7 Å². The van der Waals surface area contributed by atoms with Crippen LogP contribution in [0.2, 0.25) is 0 Å². The molecule has 3 nitrogen and oxygen atoms in total. The number of allylic oxidation sites excluding steroid dienone is 1. The Balaban J connectivity index is 1.59. The molecule has 142 valence electrons. The van der Waals surface area contributed by atoms with Crippen molar-refractivity contribution in [2.75, 3.05) is 12.3 Å². The van der Waals surface area contributed by atoms with E-state index in [1.54, 1.807) is 26.8 Å². The summed E-state index contributed by atoms with van der Waals surface area (Å²) < 4.78 is 37.6. The van der Waals surface area contributed by atoms with Gasteiger partial charge in [-0.15, -0.1) is 0 Å². The molecular formula is C21H28FNO2S. The minimum absolute atomic E-state index is 0.243. The van der Waals surface area contributed by atoms with E-state index in [1.165, 1.54) is 17.7 Å². The Hall–Kier alpha value is -1.49. The maximum Gasteiger partial charge on any atom is 0.155 e. The van der Waals surface area contributed by atoms with Gasteiger partial charge in [-0.3, -0.25) is 4.99 Å². The molecule has 5 heteroatoms. The summed E-state index contributed by atoms with van der Waals surface area (Å²) in [6.45, 7) is 6.02. The number of sulfone groups is 1. The molecule has 1 heterocycles. The van der Waals surface area contributed by atoms with Gasteiger partial charge in [0, 0.05) is 5.56 Å². The van der Waals surface area contributed by atoms with E-state index in [0.29, 0.717) is 18.2 Å². The van der Waals surface area contributed by atoms with Crippen molar-refractivity contribution in [3.63, 3.8) is 0 Å². The van der Waals surface area contributed by atoms with Crippen LogP contribution in [0.3, 0.4) is 0 Å². The largest absolute Gasteiger partial charge is 0.280 e. The first-order valence-electron chi connectivity index (χ1n) is 9.39. The quantitative estimate of drug-likeness (QED) is 0.771. The molecule has 3 rings (SSSR count). The summed E-state index contributed by atoms with van der Waals surface area (Å²) in [6.07, 6.45) is 6.04. The molecule has 0 bridgehead atoms. The highest BCUT2D eigenvalue weighted by Gasteiger charge is 2.34. The monoisotopic (exact) mass is 377 g/mol. The van der Waals surface area contributed by atoms with Gasteiger partial charge in [0.05, 0.1) is 22.8 Å². The Kier molecular flexibility index (Phi) is 5.38. The van der Waals surface area contributed by atoms with Crippen molar-refractivity contribution >= 4 is 15.5 Å². The van der Waals surface area contributed by atoms with Gasteiger partial charge in [0.2, 0.25) is 0 Å². The fourth-order valence-corrected chi connectivity index (χ4v) is 5.23. The maximum atomic E-state index is 13.4. The molecule has 0 radical (unpaired) electrons. The van der Waals surface area contributed by atoms with Gasteiger partial charge in [0.1, 0.15) is 5.82 Å². The fraction of sp³-hybridized carbons (Fsp3) is 0.571. The van der Waals surface area contributed by atoms with E-state index in [4.69, 9.17) is 0 Å². The van der Waals surface area contributed by atoms with Gasteiger partial charge in [-0.25, -0.2) is 12.8 Å². The number of aliphatic imine (C=N–C) groups is 1. The molecule has 0 aromatic heterocycles. The molecule has 26 heavy (non-hydrogen) atoms. The Morgan fingerprint density at radius 3 is 2.46 bits per heavy atom. The van der Waals surface area contributed by atoms with Crippen molar-refractivity contribution in [3.8, 4) is 0 Å². The summed E-state index contributed by atoms with van der Waals surface area (Å²) in [4.78, 5) is 4.58. The highest BCUT2D eigenvalue weighted by Crippen LogP contribution is 2.36.